The van der Waals surface area contributed by atoms with Crippen LogP contribution in [0.2, 0.25) is 0 Å². The molecule has 0 saturated heterocycles. The normalized spacial score (nSPS) is 12.4. The maximum absolute atomic E-state index is 5.66. The predicted octanol–water partition coefficient (Wildman–Crippen LogP) is 4.93. The number of nitrogens with zero attached hydrogens (tertiary/aromatic N) is 1. The molecule has 1 aromatic heterocycles. The topological polar surface area (TPSA) is 22.3 Å². The Morgan fingerprint density at radius 1 is 0.923 bits per heavy atom. The van der Waals surface area contributed by atoms with Gasteiger partial charge < -0.3 is 9.47 Å². The number of benzene rings is 3. The summed E-state index contributed by atoms with van der Waals surface area (Å²) in [5.41, 5.74) is 4.98. The first-order chi connectivity index (χ1) is 12.8. The van der Waals surface area contributed by atoms with Gasteiger partial charge in [-0.2, -0.15) is 4.57 Å². The zero-order valence-corrected chi connectivity index (χ0v) is 15.5. The van der Waals surface area contributed by atoms with Crippen LogP contribution in [0.5, 0.6) is 5.75 Å². The van der Waals surface area contributed by atoms with Gasteiger partial charge in [-0.1, -0.05) is 36.0 Å². The van der Waals surface area contributed by atoms with E-state index in [0.717, 1.165) is 5.75 Å². The van der Waals surface area contributed by atoms with Crippen LogP contribution in [-0.4, -0.2) is 13.9 Å². The van der Waals surface area contributed by atoms with E-state index in [9.17, 15) is 0 Å². The van der Waals surface area contributed by atoms with Gasteiger partial charge in [0.25, 0.3) is 0 Å². The van der Waals surface area contributed by atoms with Crippen molar-refractivity contribution in [3.05, 3.63) is 60.7 Å². The van der Waals surface area contributed by atoms with Crippen molar-refractivity contribution in [2.24, 2.45) is 7.05 Å². The zero-order valence-electron chi connectivity index (χ0n) is 14.7. The molecule has 0 spiro atoms. The number of hydrogen-bond acceptors (Lipinski definition) is 3. The first-order valence-corrected chi connectivity index (χ1v) is 9.37. The summed E-state index contributed by atoms with van der Waals surface area (Å²) in [5, 5.41) is 2.61. The number of methoxy groups -OCH3 is 1. The van der Waals surface area contributed by atoms with Gasteiger partial charge >= 0.3 is 0 Å². The molecule has 0 N–H and O–H groups in total. The van der Waals surface area contributed by atoms with Gasteiger partial charge in [-0.15, -0.1) is 0 Å². The average Bonchev–Trinajstić information content (AvgIpc) is 2.70. The fourth-order valence-electron chi connectivity index (χ4n) is 3.75. The summed E-state index contributed by atoms with van der Waals surface area (Å²) in [7, 11) is 3.78. The summed E-state index contributed by atoms with van der Waals surface area (Å²) in [6, 6.07) is 21.5. The van der Waals surface area contributed by atoms with E-state index >= 15 is 0 Å². The van der Waals surface area contributed by atoms with E-state index in [-0.39, 0.29) is 6.79 Å². The van der Waals surface area contributed by atoms with Crippen LogP contribution in [0.25, 0.3) is 32.9 Å². The van der Waals surface area contributed by atoms with Crippen LogP contribution in [0, 0.1) is 0 Å². The van der Waals surface area contributed by atoms with Crippen molar-refractivity contribution >= 4 is 33.6 Å². The molecule has 0 aliphatic carbocycles. The van der Waals surface area contributed by atoms with Gasteiger partial charge in [0.1, 0.15) is 12.8 Å². The molecule has 128 valence electrons. The van der Waals surface area contributed by atoms with Crippen LogP contribution >= 0.6 is 11.8 Å². The molecular weight excluding hydrogens is 342 g/mol. The average molecular weight is 360 g/mol. The molecule has 3 nitrogen and oxygen atoms in total. The number of fused-ring (bicyclic) bond motifs is 4. The van der Waals surface area contributed by atoms with E-state index in [1.807, 2.05) is 17.8 Å². The molecule has 5 rings (SSSR count). The summed E-state index contributed by atoms with van der Waals surface area (Å²) in [5.74, 6) is 0.830. The van der Waals surface area contributed by atoms with Crippen molar-refractivity contribution < 1.29 is 14.0 Å². The number of pyridine rings is 1. The molecule has 0 bridgehead atoms. The van der Waals surface area contributed by atoms with E-state index in [0.29, 0.717) is 0 Å². The van der Waals surface area contributed by atoms with E-state index < -0.39 is 0 Å². The highest BCUT2D eigenvalue weighted by Crippen LogP contribution is 2.50. The number of aryl methyl sites for hydroxylation is 1. The molecular formula is C22H18NO2S+. The molecule has 3 aromatic carbocycles. The Balaban J connectivity index is 1.84. The van der Waals surface area contributed by atoms with Crippen molar-refractivity contribution in [1.29, 1.82) is 0 Å². The van der Waals surface area contributed by atoms with Crippen molar-refractivity contribution in [2.45, 2.75) is 9.79 Å². The van der Waals surface area contributed by atoms with Crippen LogP contribution in [0.15, 0.2) is 70.5 Å². The summed E-state index contributed by atoms with van der Waals surface area (Å²) >= 11 is 1.85. The molecule has 1 aliphatic heterocycles. The standard InChI is InChI=1S/C22H18NO2S/c1-23-18-8-4-3-6-16(18)22-21-15(7-5-9-19(21)23)17-12-14(25-13-24-2)10-11-20(17)26-22/h3-12H,13H2,1-2H3/q+1. The fraction of sp³-hybridized carbons (Fsp3) is 0.136. The Morgan fingerprint density at radius 2 is 1.77 bits per heavy atom. The second-order valence-corrected chi connectivity index (χ2v) is 7.47. The van der Waals surface area contributed by atoms with Gasteiger partial charge in [0.2, 0.25) is 11.0 Å². The molecule has 0 unspecified atom stereocenters. The minimum atomic E-state index is 0.256. The number of ether oxygens (including phenoxy) is 2. The Hall–Kier alpha value is -2.56. The highest BCUT2D eigenvalue weighted by Gasteiger charge is 2.26. The summed E-state index contributed by atoms with van der Waals surface area (Å²) in [6.45, 7) is 0.256. The Kier molecular flexibility index (Phi) is 3.62. The first kappa shape index (κ1) is 15.7. The van der Waals surface area contributed by atoms with E-state index in [1.54, 1.807) is 7.11 Å². The minimum Gasteiger partial charge on any atom is -0.468 e. The zero-order chi connectivity index (χ0) is 17.7. The maximum atomic E-state index is 5.66. The lowest BCUT2D eigenvalue weighted by Crippen LogP contribution is -2.30. The van der Waals surface area contributed by atoms with Crippen LogP contribution in [0.1, 0.15) is 0 Å². The third-order valence-electron chi connectivity index (χ3n) is 4.94. The van der Waals surface area contributed by atoms with E-state index in [4.69, 9.17) is 9.47 Å². The molecule has 0 amide bonds. The summed E-state index contributed by atoms with van der Waals surface area (Å²) < 4.78 is 13.0. The first-order valence-electron chi connectivity index (χ1n) is 8.55. The van der Waals surface area contributed by atoms with Gasteiger partial charge in [0.15, 0.2) is 6.79 Å². The second kappa shape index (κ2) is 6.01. The lowest BCUT2D eigenvalue weighted by atomic mass is 9.98. The van der Waals surface area contributed by atoms with Gasteiger partial charge in [-0.3, -0.25) is 0 Å². The van der Waals surface area contributed by atoms with E-state index in [2.05, 4.69) is 66.2 Å². The number of para-hydroxylation sites is 1. The molecule has 0 atom stereocenters. The van der Waals surface area contributed by atoms with Gasteiger partial charge in [-0.25, -0.2) is 0 Å². The molecule has 4 aromatic rings. The Morgan fingerprint density at radius 3 is 2.65 bits per heavy atom. The minimum absolute atomic E-state index is 0.256. The lowest BCUT2D eigenvalue weighted by molar-refractivity contribution is -0.617. The molecule has 4 heteroatoms. The summed E-state index contributed by atoms with van der Waals surface area (Å²) in [4.78, 5) is 2.59. The largest absolute Gasteiger partial charge is 0.468 e. The number of aromatic nitrogens is 1. The van der Waals surface area contributed by atoms with Gasteiger partial charge in [0, 0.05) is 34.6 Å². The molecule has 0 radical (unpaired) electrons. The highest BCUT2D eigenvalue weighted by atomic mass is 32.2. The molecule has 1 aliphatic rings. The van der Waals surface area contributed by atoms with Gasteiger partial charge in [0.05, 0.1) is 10.8 Å². The van der Waals surface area contributed by atoms with Crippen LogP contribution < -0.4 is 9.30 Å². The molecule has 2 heterocycles. The molecule has 26 heavy (non-hydrogen) atoms. The Bertz CT molecular complexity index is 1170. The van der Waals surface area contributed by atoms with Crippen molar-refractivity contribution in [3.63, 3.8) is 0 Å². The quantitative estimate of drug-likeness (QED) is 0.259. The van der Waals surface area contributed by atoms with Crippen molar-refractivity contribution in [3.8, 4) is 16.9 Å². The number of hydrogen-bond donors (Lipinski definition) is 0. The van der Waals surface area contributed by atoms with Gasteiger partial charge in [-0.05, 0) is 29.8 Å². The second-order valence-electron chi connectivity index (χ2n) is 6.42. The monoisotopic (exact) mass is 360 g/mol. The van der Waals surface area contributed by atoms with E-state index in [1.165, 1.54) is 42.7 Å². The van der Waals surface area contributed by atoms with Crippen LogP contribution in [0.4, 0.5) is 0 Å². The number of rotatable bonds is 3. The van der Waals surface area contributed by atoms with Crippen LogP contribution in [-0.2, 0) is 11.8 Å². The fourth-order valence-corrected chi connectivity index (χ4v) is 4.98. The third kappa shape index (κ3) is 2.23. The molecule has 0 saturated carbocycles. The predicted molar refractivity (Wildman–Crippen MR) is 105 cm³/mol. The Labute approximate surface area is 156 Å². The third-order valence-corrected chi connectivity index (χ3v) is 6.14. The SMILES string of the molecule is COCOc1ccc2c(c1)-c1cccc3c1c(c1ccccc1[n+]3C)S2. The smallest absolute Gasteiger partial charge is 0.214 e. The van der Waals surface area contributed by atoms with Crippen molar-refractivity contribution in [1.82, 2.24) is 0 Å². The van der Waals surface area contributed by atoms with Crippen LogP contribution in [0.3, 0.4) is 0 Å². The maximum Gasteiger partial charge on any atom is 0.214 e. The molecule has 0 fully saturated rings. The lowest BCUT2D eigenvalue weighted by Gasteiger charge is -2.21. The highest BCUT2D eigenvalue weighted by molar-refractivity contribution is 8.00. The van der Waals surface area contributed by atoms with Crippen molar-refractivity contribution in [2.75, 3.05) is 13.9 Å². The summed E-state index contributed by atoms with van der Waals surface area (Å²) in [6.07, 6.45) is 0.